The molecule has 0 saturated heterocycles. The number of hydrogen-bond acceptors (Lipinski definition) is 4. The molecule has 0 aromatic heterocycles. The number of esters is 1. The summed E-state index contributed by atoms with van der Waals surface area (Å²) in [5.74, 6) is 2.95. The lowest BCUT2D eigenvalue weighted by atomic mass is 9.44. The predicted octanol–water partition coefficient (Wildman–Crippen LogP) is 6.34. The van der Waals surface area contributed by atoms with Gasteiger partial charge in [0.15, 0.2) is 0 Å². The van der Waals surface area contributed by atoms with Gasteiger partial charge < -0.3 is 9.84 Å². The van der Waals surface area contributed by atoms with Gasteiger partial charge in [-0.15, -0.1) is 0 Å². The molecular formula is C31H44O4. The molecule has 0 heterocycles. The van der Waals surface area contributed by atoms with Gasteiger partial charge in [-0.2, -0.15) is 0 Å². The molecule has 1 aromatic rings. The normalized spacial score (nSPS) is 41.4. The third-order valence-corrected chi connectivity index (χ3v) is 11.2. The summed E-state index contributed by atoms with van der Waals surface area (Å²) in [5, 5.41) is 10.3. The molecule has 0 bridgehead atoms. The molecule has 4 fully saturated rings. The Balaban J connectivity index is 1.21. The number of aliphatic hydroxyl groups is 1. The fraction of sp³-hybridized carbons (Fsp3) is 0.742. The summed E-state index contributed by atoms with van der Waals surface area (Å²) >= 11 is 0. The zero-order chi connectivity index (χ0) is 24.8. The predicted molar refractivity (Wildman–Crippen MR) is 136 cm³/mol. The van der Waals surface area contributed by atoms with E-state index in [-0.39, 0.29) is 28.8 Å². The first kappa shape index (κ1) is 25.0. The van der Waals surface area contributed by atoms with Crippen molar-refractivity contribution in [1.82, 2.24) is 0 Å². The average Bonchev–Trinajstić information content (AvgIpc) is 3.20. The first-order valence-corrected chi connectivity index (χ1v) is 14.1. The Kier molecular flexibility index (Phi) is 6.89. The topological polar surface area (TPSA) is 63.6 Å². The number of carbonyl (C=O) groups excluding carboxylic acids is 2. The van der Waals surface area contributed by atoms with E-state index in [2.05, 4.69) is 20.8 Å². The van der Waals surface area contributed by atoms with E-state index >= 15 is 0 Å². The Bertz CT molecular complexity index is 927. The fourth-order valence-corrected chi connectivity index (χ4v) is 9.24. The van der Waals surface area contributed by atoms with E-state index in [4.69, 9.17) is 4.74 Å². The molecule has 9 atom stereocenters. The maximum atomic E-state index is 13.6. The van der Waals surface area contributed by atoms with E-state index in [1.807, 2.05) is 30.3 Å². The SMILES string of the molecule is C[C@H](CCC(=O)OCc1ccccc1)C1CCC2C3C(=O)C[C@@H]4C[C@H](O)CC[C@]4(C)C3CC[C@@]21C. The Morgan fingerprint density at radius 3 is 2.54 bits per heavy atom. The van der Waals surface area contributed by atoms with Gasteiger partial charge in [0.2, 0.25) is 0 Å². The Labute approximate surface area is 211 Å². The molecule has 4 aliphatic rings. The summed E-state index contributed by atoms with van der Waals surface area (Å²) in [7, 11) is 0. The van der Waals surface area contributed by atoms with E-state index in [0.717, 1.165) is 44.1 Å². The van der Waals surface area contributed by atoms with E-state index in [1.165, 1.54) is 12.8 Å². The highest BCUT2D eigenvalue weighted by Crippen LogP contribution is 2.67. The number of fused-ring (bicyclic) bond motifs is 5. The minimum absolute atomic E-state index is 0.106. The summed E-state index contributed by atoms with van der Waals surface area (Å²) in [6, 6.07) is 9.86. The molecule has 1 aromatic carbocycles. The molecular weight excluding hydrogens is 436 g/mol. The summed E-state index contributed by atoms with van der Waals surface area (Å²) in [4.78, 5) is 26.0. The highest BCUT2D eigenvalue weighted by Gasteiger charge is 2.63. The molecule has 1 N–H and O–H groups in total. The summed E-state index contributed by atoms with van der Waals surface area (Å²) in [5.41, 5.74) is 1.43. The van der Waals surface area contributed by atoms with Crippen LogP contribution in [0.2, 0.25) is 0 Å². The van der Waals surface area contributed by atoms with E-state index in [9.17, 15) is 14.7 Å². The molecule has 0 aliphatic heterocycles. The van der Waals surface area contributed by atoms with Crippen LogP contribution in [0.4, 0.5) is 0 Å². The summed E-state index contributed by atoms with van der Waals surface area (Å²) in [6.07, 6.45) is 9.24. The van der Waals surface area contributed by atoms with Gasteiger partial charge in [0, 0.05) is 18.8 Å². The van der Waals surface area contributed by atoms with E-state index in [0.29, 0.717) is 54.8 Å². The molecule has 4 saturated carbocycles. The second-order valence-electron chi connectivity index (χ2n) is 12.9. The maximum Gasteiger partial charge on any atom is 0.306 e. The molecule has 4 nitrogen and oxygen atoms in total. The van der Waals surface area contributed by atoms with Gasteiger partial charge in [-0.1, -0.05) is 51.1 Å². The maximum absolute atomic E-state index is 13.6. The van der Waals surface area contributed by atoms with Crippen molar-refractivity contribution in [2.24, 2.45) is 46.3 Å². The lowest BCUT2D eigenvalue weighted by molar-refractivity contribution is -0.160. The lowest BCUT2D eigenvalue weighted by Crippen LogP contribution is -2.57. The summed E-state index contributed by atoms with van der Waals surface area (Å²) < 4.78 is 5.53. The number of aliphatic hydroxyl groups excluding tert-OH is 1. The molecule has 0 amide bonds. The van der Waals surface area contributed by atoms with Crippen LogP contribution in [-0.2, 0) is 20.9 Å². The Morgan fingerprint density at radius 1 is 1.06 bits per heavy atom. The minimum atomic E-state index is -0.220. The van der Waals surface area contributed by atoms with Gasteiger partial charge in [0.1, 0.15) is 12.4 Å². The highest BCUT2D eigenvalue weighted by atomic mass is 16.5. The fourth-order valence-electron chi connectivity index (χ4n) is 9.24. The molecule has 35 heavy (non-hydrogen) atoms. The molecule has 4 heteroatoms. The van der Waals surface area contributed by atoms with Gasteiger partial charge in [-0.3, -0.25) is 9.59 Å². The number of ether oxygens (including phenoxy) is 1. The molecule has 0 radical (unpaired) electrons. The van der Waals surface area contributed by atoms with Crippen LogP contribution in [0.25, 0.3) is 0 Å². The number of rotatable bonds is 6. The minimum Gasteiger partial charge on any atom is -0.461 e. The summed E-state index contributed by atoms with van der Waals surface area (Å²) in [6.45, 7) is 7.56. The van der Waals surface area contributed by atoms with Gasteiger partial charge in [-0.05, 0) is 97.3 Å². The van der Waals surface area contributed by atoms with Crippen molar-refractivity contribution >= 4 is 11.8 Å². The molecule has 192 valence electrons. The Morgan fingerprint density at radius 2 is 1.77 bits per heavy atom. The van der Waals surface area contributed by atoms with E-state index in [1.54, 1.807) is 0 Å². The number of ketones is 1. The van der Waals surface area contributed by atoms with Crippen molar-refractivity contribution in [1.29, 1.82) is 0 Å². The number of hydrogen-bond donors (Lipinski definition) is 1. The number of benzene rings is 1. The first-order valence-electron chi connectivity index (χ1n) is 14.1. The second kappa shape index (κ2) is 9.65. The van der Waals surface area contributed by atoms with Crippen LogP contribution in [0.1, 0.15) is 90.5 Å². The van der Waals surface area contributed by atoms with Crippen LogP contribution in [0, 0.1) is 46.3 Å². The van der Waals surface area contributed by atoms with Crippen LogP contribution >= 0.6 is 0 Å². The average molecular weight is 481 g/mol. The first-order chi connectivity index (χ1) is 16.7. The van der Waals surface area contributed by atoms with E-state index < -0.39 is 0 Å². The van der Waals surface area contributed by atoms with Crippen molar-refractivity contribution < 1.29 is 19.4 Å². The zero-order valence-electron chi connectivity index (χ0n) is 21.9. The Hall–Kier alpha value is -1.68. The standard InChI is InChI=1S/C31H44O4/c1-20(9-12-28(34)35-19-21-7-5-4-6-8-21)24-10-11-25-29-26(14-16-31(24,25)3)30(2)15-13-23(32)17-22(30)18-27(29)33/h4-8,20,22-26,29,32H,9-19H2,1-3H3/t20-,22+,23-,24?,25?,26?,29?,30+,31-/m1/s1. The molecule has 4 unspecified atom stereocenters. The van der Waals surface area contributed by atoms with Crippen LogP contribution in [0.5, 0.6) is 0 Å². The third-order valence-electron chi connectivity index (χ3n) is 11.2. The largest absolute Gasteiger partial charge is 0.461 e. The van der Waals surface area contributed by atoms with Crippen LogP contribution in [-0.4, -0.2) is 23.0 Å². The van der Waals surface area contributed by atoms with Gasteiger partial charge in [0.05, 0.1) is 6.10 Å². The molecule has 0 spiro atoms. The second-order valence-corrected chi connectivity index (χ2v) is 12.9. The van der Waals surface area contributed by atoms with Crippen molar-refractivity contribution in [2.45, 2.75) is 97.7 Å². The smallest absolute Gasteiger partial charge is 0.306 e. The van der Waals surface area contributed by atoms with Crippen molar-refractivity contribution in [3.8, 4) is 0 Å². The van der Waals surface area contributed by atoms with Gasteiger partial charge >= 0.3 is 5.97 Å². The quantitative estimate of drug-likeness (QED) is 0.482. The lowest BCUT2D eigenvalue weighted by Gasteiger charge is -2.60. The van der Waals surface area contributed by atoms with Crippen LogP contribution in [0.15, 0.2) is 30.3 Å². The van der Waals surface area contributed by atoms with Crippen LogP contribution < -0.4 is 0 Å². The third kappa shape index (κ3) is 4.49. The van der Waals surface area contributed by atoms with Crippen molar-refractivity contribution in [2.75, 3.05) is 0 Å². The van der Waals surface area contributed by atoms with Crippen molar-refractivity contribution in [3.63, 3.8) is 0 Å². The van der Waals surface area contributed by atoms with Gasteiger partial charge in [0.25, 0.3) is 0 Å². The zero-order valence-corrected chi connectivity index (χ0v) is 21.9. The monoisotopic (exact) mass is 480 g/mol. The number of carbonyl (C=O) groups is 2. The van der Waals surface area contributed by atoms with Gasteiger partial charge in [-0.25, -0.2) is 0 Å². The number of Topliss-reactive ketones (excluding diaryl/α,β-unsaturated/α-hetero) is 1. The van der Waals surface area contributed by atoms with Crippen LogP contribution in [0.3, 0.4) is 0 Å². The van der Waals surface area contributed by atoms with Crippen molar-refractivity contribution in [3.05, 3.63) is 35.9 Å². The molecule has 4 aliphatic carbocycles. The molecule has 5 rings (SSSR count). The highest BCUT2D eigenvalue weighted by molar-refractivity contribution is 5.83.